The molecule has 0 aromatic carbocycles. The third-order valence-corrected chi connectivity index (χ3v) is 4.28. The molecule has 2 atom stereocenters. The van der Waals surface area contributed by atoms with Crippen LogP contribution < -0.4 is 5.32 Å². The Labute approximate surface area is 117 Å². The number of nitrogens with zero attached hydrogens (tertiary/aromatic N) is 2. The number of nitriles is 1. The smallest absolute Gasteiger partial charge is 0.106 e. The zero-order valence-corrected chi connectivity index (χ0v) is 12.3. The van der Waals surface area contributed by atoms with Crippen LogP contribution in [0.2, 0.25) is 0 Å². The van der Waals surface area contributed by atoms with Gasteiger partial charge in [0.1, 0.15) is 5.54 Å². The van der Waals surface area contributed by atoms with Crippen LogP contribution in [0.25, 0.3) is 0 Å². The molecular formula is C15H27N3O. The van der Waals surface area contributed by atoms with Gasteiger partial charge in [0.25, 0.3) is 0 Å². The number of nitrogens with one attached hydrogen (secondary N) is 1. The predicted octanol–water partition coefficient (Wildman–Crippen LogP) is 1.91. The number of hydrogen-bond acceptors (Lipinski definition) is 4. The molecule has 0 amide bonds. The zero-order chi connectivity index (χ0) is 13.7. The van der Waals surface area contributed by atoms with Crippen molar-refractivity contribution < 1.29 is 4.74 Å². The number of ether oxygens (including phenoxy) is 1. The van der Waals surface area contributed by atoms with Crippen molar-refractivity contribution in [2.45, 2.75) is 63.6 Å². The van der Waals surface area contributed by atoms with E-state index in [1.165, 1.54) is 12.8 Å². The fourth-order valence-electron chi connectivity index (χ4n) is 2.83. The molecule has 0 aromatic heterocycles. The van der Waals surface area contributed by atoms with Crippen LogP contribution in [0.3, 0.4) is 0 Å². The lowest BCUT2D eigenvalue weighted by molar-refractivity contribution is -0.0189. The quantitative estimate of drug-likeness (QED) is 0.764. The van der Waals surface area contributed by atoms with Gasteiger partial charge >= 0.3 is 0 Å². The summed E-state index contributed by atoms with van der Waals surface area (Å²) in [4.78, 5) is 2.46. The highest BCUT2D eigenvalue weighted by Crippen LogP contribution is 2.26. The summed E-state index contributed by atoms with van der Waals surface area (Å²) in [5, 5.41) is 13.0. The molecular weight excluding hydrogens is 238 g/mol. The molecule has 0 spiro atoms. The van der Waals surface area contributed by atoms with E-state index in [4.69, 9.17) is 4.74 Å². The fraction of sp³-hybridized carbons (Fsp3) is 0.933. The number of hydrogen-bond donors (Lipinski definition) is 1. The van der Waals surface area contributed by atoms with E-state index in [-0.39, 0.29) is 5.54 Å². The first-order valence-corrected chi connectivity index (χ1v) is 7.70. The summed E-state index contributed by atoms with van der Waals surface area (Å²) >= 11 is 0. The van der Waals surface area contributed by atoms with Crippen molar-refractivity contribution >= 4 is 0 Å². The van der Waals surface area contributed by atoms with Gasteiger partial charge in [-0.2, -0.15) is 5.26 Å². The lowest BCUT2D eigenvalue weighted by atomic mass is 9.91. The lowest BCUT2D eigenvalue weighted by Gasteiger charge is -2.32. The molecule has 2 aliphatic rings. The summed E-state index contributed by atoms with van der Waals surface area (Å²) in [5.41, 5.74) is -0.293. The first-order chi connectivity index (χ1) is 9.17. The van der Waals surface area contributed by atoms with E-state index in [0.29, 0.717) is 12.1 Å². The van der Waals surface area contributed by atoms with Crippen molar-refractivity contribution in [2.75, 3.05) is 26.2 Å². The Morgan fingerprint density at radius 3 is 2.84 bits per heavy atom. The van der Waals surface area contributed by atoms with Gasteiger partial charge in [0.2, 0.25) is 0 Å². The van der Waals surface area contributed by atoms with Crippen LogP contribution in [0.15, 0.2) is 0 Å². The van der Waals surface area contributed by atoms with Crippen molar-refractivity contribution in [3.63, 3.8) is 0 Å². The van der Waals surface area contributed by atoms with Gasteiger partial charge in [0.05, 0.1) is 18.8 Å². The van der Waals surface area contributed by atoms with Gasteiger partial charge in [-0.05, 0) is 45.6 Å². The number of morpholine rings is 1. The Kier molecular flexibility index (Phi) is 5.20. The Bertz CT molecular complexity index is 324. The van der Waals surface area contributed by atoms with E-state index >= 15 is 0 Å². The molecule has 0 radical (unpaired) electrons. The molecule has 2 rings (SSSR count). The molecule has 4 nitrogen and oxygen atoms in total. The maximum absolute atomic E-state index is 9.49. The van der Waals surface area contributed by atoms with Crippen molar-refractivity contribution in [3.05, 3.63) is 0 Å². The Morgan fingerprint density at radius 1 is 1.47 bits per heavy atom. The van der Waals surface area contributed by atoms with E-state index in [1.807, 2.05) is 0 Å². The first-order valence-electron chi connectivity index (χ1n) is 7.70. The molecule has 2 unspecified atom stereocenters. The summed E-state index contributed by atoms with van der Waals surface area (Å²) in [6.07, 6.45) is 5.79. The highest BCUT2D eigenvalue weighted by molar-refractivity contribution is 5.09. The van der Waals surface area contributed by atoms with Crippen LogP contribution in [0.4, 0.5) is 0 Å². The monoisotopic (exact) mass is 265 g/mol. The van der Waals surface area contributed by atoms with Crippen LogP contribution in [-0.2, 0) is 4.74 Å². The standard InChI is InChI=1S/C15H27N3O/c1-3-15(12-16,17-14-5-6-14)7-4-8-18-9-10-19-13(2)11-18/h13-14,17H,3-11H2,1-2H3. The van der Waals surface area contributed by atoms with E-state index in [2.05, 4.69) is 30.1 Å². The molecule has 2 fully saturated rings. The second-order valence-electron chi connectivity index (χ2n) is 6.05. The molecule has 1 N–H and O–H groups in total. The average Bonchev–Trinajstić information content (AvgIpc) is 3.21. The first kappa shape index (κ1) is 14.8. The minimum atomic E-state index is -0.293. The molecule has 1 saturated heterocycles. The van der Waals surface area contributed by atoms with Crippen molar-refractivity contribution in [1.29, 1.82) is 5.26 Å². The summed E-state index contributed by atoms with van der Waals surface area (Å²) < 4.78 is 5.55. The second kappa shape index (κ2) is 6.69. The van der Waals surface area contributed by atoms with Gasteiger partial charge in [-0.25, -0.2) is 0 Å². The predicted molar refractivity (Wildman–Crippen MR) is 75.9 cm³/mol. The van der Waals surface area contributed by atoms with Crippen molar-refractivity contribution in [1.82, 2.24) is 10.2 Å². The third kappa shape index (κ3) is 4.45. The van der Waals surface area contributed by atoms with Crippen molar-refractivity contribution in [2.24, 2.45) is 0 Å². The second-order valence-corrected chi connectivity index (χ2v) is 6.05. The van der Waals surface area contributed by atoms with Crippen molar-refractivity contribution in [3.8, 4) is 6.07 Å². The largest absolute Gasteiger partial charge is 0.376 e. The molecule has 1 saturated carbocycles. The zero-order valence-electron chi connectivity index (χ0n) is 12.3. The van der Waals surface area contributed by atoms with Crippen LogP contribution in [-0.4, -0.2) is 48.8 Å². The van der Waals surface area contributed by atoms with E-state index < -0.39 is 0 Å². The molecule has 108 valence electrons. The highest BCUT2D eigenvalue weighted by Gasteiger charge is 2.34. The normalized spacial score (nSPS) is 27.7. The minimum Gasteiger partial charge on any atom is -0.376 e. The average molecular weight is 265 g/mol. The summed E-state index contributed by atoms with van der Waals surface area (Å²) in [5.74, 6) is 0. The van der Waals surface area contributed by atoms with Crippen LogP contribution in [0.1, 0.15) is 46.0 Å². The third-order valence-electron chi connectivity index (χ3n) is 4.28. The van der Waals surface area contributed by atoms with Crippen LogP contribution in [0.5, 0.6) is 0 Å². The summed E-state index contributed by atoms with van der Waals surface area (Å²) in [6, 6.07) is 3.13. The SMILES string of the molecule is CCC(C#N)(CCCN1CCOC(C)C1)NC1CC1. The Balaban J connectivity index is 1.73. The maximum Gasteiger partial charge on any atom is 0.106 e. The summed E-state index contributed by atoms with van der Waals surface area (Å²) in [7, 11) is 0. The van der Waals surface area contributed by atoms with Gasteiger partial charge < -0.3 is 4.74 Å². The molecule has 1 aliphatic carbocycles. The Morgan fingerprint density at radius 2 is 2.26 bits per heavy atom. The molecule has 1 aliphatic heterocycles. The lowest BCUT2D eigenvalue weighted by Crippen LogP contribution is -2.46. The van der Waals surface area contributed by atoms with E-state index in [1.54, 1.807) is 0 Å². The molecule has 19 heavy (non-hydrogen) atoms. The van der Waals surface area contributed by atoms with Gasteiger partial charge in [-0.3, -0.25) is 10.2 Å². The molecule has 1 heterocycles. The maximum atomic E-state index is 9.49. The van der Waals surface area contributed by atoms with Gasteiger partial charge in [0, 0.05) is 19.1 Å². The van der Waals surface area contributed by atoms with Gasteiger partial charge in [-0.1, -0.05) is 6.92 Å². The minimum absolute atomic E-state index is 0.293. The topological polar surface area (TPSA) is 48.3 Å². The number of rotatable bonds is 7. The van der Waals surface area contributed by atoms with E-state index in [9.17, 15) is 5.26 Å². The van der Waals surface area contributed by atoms with Gasteiger partial charge in [0.15, 0.2) is 0 Å². The van der Waals surface area contributed by atoms with Crippen LogP contribution in [0, 0.1) is 11.3 Å². The Hall–Kier alpha value is -0.630. The highest BCUT2D eigenvalue weighted by atomic mass is 16.5. The summed E-state index contributed by atoms with van der Waals surface area (Å²) in [6.45, 7) is 8.25. The fourth-order valence-corrected chi connectivity index (χ4v) is 2.83. The van der Waals surface area contributed by atoms with Crippen LogP contribution >= 0.6 is 0 Å². The molecule has 0 aromatic rings. The van der Waals surface area contributed by atoms with Gasteiger partial charge in [-0.15, -0.1) is 0 Å². The molecule has 4 heteroatoms. The molecule has 0 bridgehead atoms. The van der Waals surface area contributed by atoms with E-state index in [0.717, 1.165) is 45.5 Å².